The molecule has 0 radical (unpaired) electrons. The quantitative estimate of drug-likeness (QED) is 0.596. The number of nitrogens with zero attached hydrogens (tertiary/aromatic N) is 2. The van der Waals surface area contributed by atoms with E-state index in [4.69, 9.17) is 5.73 Å². The minimum atomic E-state index is -0.778. The molecule has 0 bridgehead atoms. The van der Waals surface area contributed by atoms with Gasteiger partial charge in [0.1, 0.15) is 0 Å². The third-order valence-corrected chi connectivity index (χ3v) is 3.23. The van der Waals surface area contributed by atoms with Crippen LogP contribution in [-0.2, 0) is 24.0 Å². The predicted octanol–water partition coefficient (Wildman–Crippen LogP) is -1.53. The van der Waals surface area contributed by atoms with Crippen molar-refractivity contribution in [2.45, 2.75) is 18.9 Å². The summed E-state index contributed by atoms with van der Waals surface area (Å²) in [5, 5.41) is 0. The monoisotopic (exact) mass is 291 g/mol. The summed E-state index contributed by atoms with van der Waals surface area (Å²) in [6, 6.07) is -0.778. The molecule has 0 saturated heterocycles. The van der Waals surface area contributed by atoms with Gasteiger partial charge in [0.15, 0.2) is 0 Å². The Balaban J connectivity index is 2.14. The second kappa shape index (κ2) is 5.70. The summed E-state index contributed by atoms with van der Waals surface area (Å²) in [4.78, 5) is 59.3. The van der Waals surface area contributed by atoms with Crippen LogP contribution in [-0.4, -0.2) is 51.9 Å². The molecule has 2 rings (SSSR count). The molecule has 21 heavy (non-hydrogen) atoms. The number of carbonyl (C=O) groups is 5. The van der Waals surface area contributed by atoms with Gasteiger partial charge < -0.3 is 5.73 Å². The van der Waals surface area contributed by atoms with Gasteiger partial charge in [-0.25, -0.2) is 0 Å². The first kappa shape index (κ1) is 14.6. The number of rotatable bonds is 6. The fourth-order valence-corrected chi connectivity index (χ4v) is 2.20. The van der Waals surface area contributed by atoms with Crippen LogP contribution in [0.4, 0.5) is 0 Å². The molecule has 2 aliphatic rings. The summed E-state index contributed by atoms with van der Waals surface area (Å²) in [6.07, 6.45) is 4.45. The molecule has 0 aromatic heterocycles. The zero-order chi connectivity index (χ0) is 15.6. The van der Waals surface area contributed by atoms with E-state index in [1.54, 1.807) is 0 Å². The van der Waals surface area contributed by atoms with E-state index < -0.39 is 35.6 Å². The van der Waals surface area contributed by atoms with Crippen molar-refractivity contribution in [2.75, 3.05) is 6.54 Å². The number of imide groups is 2. The third kappa shape index (κ3) is 3.04. The van der Waals surface area contributed by atoms with Crippen LogP contribution in [0, 0.1) is 0 Å². The molecule has 1 atom stereocenters. The maximum atomic E-state index is 11.7. The molecular weight excluding hydrogens is 278 g/mol. The molecule has 0 aliphatic carbocycles. The van der Waals surface area contributed by atoms with E-state index in [1.807, 2.05) is 0 Å². The first-order valence-corrected chi connectivity index (χ1v) is 6.27. The zero-order valence-corrected chi connectivity index (χ0v) is 11.0. The van der Waals surface area contributed by atoms with Crippen LogP contribution in [0.15, 0.2) is 24.3 Å². The molecule has 0 saturated carbocycles. The van der Waals surface area contributed by atoms with Crippen LogP contribution in [0.3, 0.4) is 0 Å². The van der Waals surface area contributed by atoms with Crippen molar-refractivity contribution in [3.8, 4) is 0 Å². The van der Waals surface area contributed by atoms with Gasteiger partial charge in [0, 0.05) is 30.7 Å². The van der Waals surface area contributed by atoms with E-state index in [2.05, 4.69) is 0 Å². The van der Waals surface area contributed by atoms with Crippen molar-refractivity contribution in [2.24, 2.45) is 5.73 Å². The van der Waals surface area contributed by atoms with E-state index in [0.29, 0.717) is 0 Å². The Labute approximate surface area is 119 Å². The smallest absolute Gasteiger partial charge is 0.253 e. The van der Waals surface area contributed by atoms with Gasteiger partial charge in [-0.1, -0.05) is 0 Å². The molecule has 5 amide bonds. The van der Waals surface area contributed by atoms with Gasteiger partial charge in [-0.2, -0.15) is 0 Å². The summed E-state index contributed by atoms with van der Waals surface area (Å²) < 4.78 is 0. The van der Waals surface area contributed by atoms with Crippen LogP contribution in [0.5, 0.6) is 0 Å². The Bertz CT molecular complexity index is 557. The van der Waals surface area contributed by atoms with Crippen LogP contribution in [0.2, 0.25) is 0 Å². The Hall–Kier alpha value is -2.77. The lowest BCUT2D eigenvalue weighted by Gasteiger charge is -2.29. The van der Waals surface area contributed by atoms with E-state index in [9.17, 15) is 24.0 Å². The number of nitrogens with two attached hydrogens (primary N) is 1. The molecule has 2 aliphatic heterocycles. The van der Waals surface area contributed by atoms with Gasteiger partial charge in [0.05, 0.1) is 12.6 Å². The van der Waals surface area contributed by atoms with Crippen LogP contribution < -0.4 is 5.73 Å². The molecule has 8 nitrogen and oxygen atoms in total. The minimum Gasteiger partial charge on any atom is -0.370 e. The molecule has 1 unspecified atom stereocenters. The summed E-state index contributed by atoms with van der Waals surface area (Å²) in [6.45, 7) is -0.156. The Morgan fingerprint density at radius 2 is 1.43 bits per heavy atom. The largest absolute Gasteiger partial charge is 0.370 e. The fourth-order valence-electron chi connectivity index (χ4n) is 2.20. The highest BCUT2D eigenvalue weighted by molar-refractivity contribution is 6.14. The summed E-state index contributed by atoms with van der Waals surface area (Å²) >= 11 is 0. The zero-order valence-electron chi connectivity index (χ0n) is 11.0. The van der Waals surface area contributed by atoms with Crippen molar-refractivity contribution in [1.29, 1.82) is 0 Å². The molecular formula is C13H13N3O5. The fraction of sp³-hybridized carbons (Fsp3) is 0.308. The lowest BCUT2D eigenvalue weighted by molar-refractivity contribution is -0.145. The van der Waals surface area contributed by atoms with Crippen LogP contribution >= 0.6 is 0 Å². The molecule has 2 N–H and O–H groups in total. The number of hydrogen-bond donors (Lipinski definition) is 1. The average molecular weight is 291 g/mol. The third-order valence-electron chi connectivity index (χ3n) is 3.23. The number of primary amides is 1. The van der Waals surface area contributed by atoms with Crippen molar-refractivity contribution in [3.05, 3.63) is 24.3 Å². The van der Waals surface area contributed by atoms with Gasteiger partial charge in [-0.05, 0) is 6.42 Å². The second-order valence-electron chi connectivity index (χ2n) is 4.66. The Morgan fingerprint density at radius 1 is 0.952 bits per heavy atom. The standard InChI is InChI=1S/C13H13N3O5/c14-9(17)2-1-8(16-12(20)5-6-13(16)21)7-15-10(18)3-4-11(15)19/h3-6,8H,1-2,7H2,(H2,14,17). The van der Waals surface area contributed by atoms with E-state index in [1.165, 1.54) is 0 Å². The van der Waals surface area contributed by atoms with Crippen molar-refractivity contribution in [1.82, 2.24) is 9.80 Å². The van der Waals surface area contributed by atoms with Gasteiger partial charge in [0.2, 0.25) is 5.91 Å². The molecule has 0 aromatic rings. The average Bonchev–Trinajstić information content (AvgIpc) is 2.90. The highest BCUT2D eigenvalue weighted by Gasteiger charge is 2.35. The molecule has 8 heteroatoms. The van der Waals surface area contributed by atoms with E-state index >= 15 is 0 Å². The van der Waals surface area contributed by atoms with Crippen molar-refractivity contribution in [3.63, 3.8) is 0 Å². The van der Waals surface area contributed by atoms with Crippen LogP contribution in [0.25, 0.3) is 0 Å². The second-order valence-corrected chi connectivity index (χ2v) is 4.66. The van der Waals surface area contributed by atoms with Crippen LogP contribution in [0.1, 0.15) is 12.8 Å². The topological polar surface area (TPSA) is 118 Å². The van der Waals surface area contributed by atoms with Crippen molar-refractivity contribution >= 4 is 29.5 Å². The molecule has 110 valence electrons. The van der Waals surface area contributed by atoms with E-state index in [0.717, 1.165) is 34.1 Å². The van der Waals surface area contributed by atoms with E-state index in [-0.39, 0.29) is 19.4 Å². The van der Waals surface area contributed by atoms with Gasteiger partial charge in [-0.15, -0.1) is 0 Å². The van der Waals surface area contributed by atoms with Gasteiger partial charge >= 0.3 is 0 Å². The number of carbonyl (C=O) groups excluding carboxylic acids is 5. The summed E-state index contributed by atoms with van der Waals surface area (Å²) in [5.41, 5.74) is 5.07. The lowest BCUT2D eigenvalue weighted by atomic mass is 10.1. The molecule has 0 spiro atoms. The first-order chi connectivity index (χ1) is 9.90. The summed E-state index contributed by atoms with van der Waals surface area (Å²) in [5.74, 6) is -2.71. The Kier molecular flexibility index (Phi) is 3.97. The minimum absolute atomic E-state index is 0.0641. The molecule has 0 aromatic carbocycles. The SMILES string of the molecule is NC(=O)CCC(CN1C(=O)C=CC1=O)N1C(=O)C=CC1=O. The summed E-state index contributed by atoms with van der Waals surface area (Å²) in [7, 11) is 0. The number of hydrogen-bond acceptors (Lipinski definition) is 5. The molecule has 2 heterocycles. The maximum Gasteiger partial charge on any atom is 0.253 e. The number of amides is 5. The predicted molar refractivity (Wildman–Crippen MR) is 69.1 cm³/mol. The van der Waals surface area contributed by atoms with Crippen molar-refractivity contribution < 1.29 is 24.0 Å². The molecule has 0 fully saturated rings. The van der Waals surface area contributed by atoms with Gasteiger partial charge in [-0.3, -0.25) is 33.8 Å². The lowest BCUT2D eigenvalue weighted by Crippen LogP contribution is -2.48. The normalized spacial score (nSPS) is 19.0. The highest BCUT2D eigenvalue weighted by Crippen LogP contribution is 2.17. The Morgan fingerprint density at radius 3 is 1.90 bits per heavy atom. The first-order valence-electron chi connectivity index (χ1n) is 6.27. The van der Waals surface area contributed by atoms with Gasteiger partial charge in [0.25, 0.3) is 23.6 Å². The highest BCUT2D eigenvalue weighted by atomic mass is 16.2. The maximum absolute atomic E-state index is 11.7.